The van der Waals surface area contributed by atoms with Crippen molar-refractivity contribution in [3.05, 3.63) is 23.8 Å². The minimum atomic E-state index is -0.222. The van der Waals surface area contributed by atoms with Gasteiger partial charge in [-0.1, -0.05) is 0 Å². The van der Waals surface area contributed by atoms with Crippen LogP contribution in [0.3, 0.4) is 0 Å². The van der Waals surface area contributed by atoms with Gasteiger partial charge in [0.1, 0.15) is 0 Å². The van der Waals surface area contributed by atoms with Crippen LogP contribution in [0.5, 0.6) is 0 Å². The maximum Gasteiger partial charge on any atom is 0.254 e. The highest BCUT2D eigenvalue weighted by Gasteiger charge is 2.15. The number of carbonyl (C=O) groups is 1. The van der Waals surface area contributed by atoms with E-state index in [1.807, 2.05) is 0 Å². The molecule has 6 nitrogen and oxygen atoms in total. The molecule has 0 aliphatic carbocycles. The number of methoxy groups -OCH3 is 1. The second-order valence-corrected chi connectivity index (χ2v) is 3.90. The van der Waals surface area contributed by atoms with Gasteiger partial charge >= 0.3 is 0 Å². The molecule has 0 spiro atoms. The fourth-order valence-electron chi connectivity index (χ4n) is 1.62. The van der Waals surface area contributed by atoms with Crippen LogP contribution >= 0.6 is 0 Å². The van der Waals surface area contributed by atoms with Crippen molar-refractivity contribution in [1.29, 1.82) is 0 Å². The lowest BCUT2D eigenvalue weighted by atomic mass is 10.1. The minimum absolute atomic E-state index is 0.104. The summed E-state index contributed by atoms with van der Waals surface area (Å²) in [5.41, 5.74) is 12.6. The Hall–Kier alpha value is -1.79. The topological polar surface area (TPSA) is 102 Å². The molecule has 0 aliphatic rings. The number of carbonyl (C=O) groups excluding carboxylic acids is 1. The standard InChI is InChI=1S/C12H19N3O3/c1-18-5-3-15(2-4-16)12(17)9-6-10(13)8-11(14)7-9/h6-8,16H,2-5,13-14H2,1H3. The van der Waals surface area contributed by atoms with Crippen molar-refractivity contribution in [3.8, 4) is 0 Å². The number of aliphatic hydroxyl groups is 1. The molecule has 100 valence electrons. The van der Waals surface area contributed by atoms with E-state index in [0.29, 0.717) is 30.1 Å². The molecule has 0 aromatic heterocycles. The van der Waals surface area contributed by atoms with E-state index in [4.69, 9.17) is 21.3 Å². The van der Waals surface area contributed by atoms with Gasteiger partial charge in [-0.3, -0.25) is 4.79 Å². The molecule has 0 unspecified atom stereocenters. The Morgan fingerprint density at radius 2 is 1.89 bits per heavy atom. The summed E-state index contributed by atoms with van der Waals surface area (Å²) in [5, 5.41) is 8.96. The third kappa shape index (κ3) is 3.90. The Morgan fingerprint density at radius 3 is 2.39 bits per heavy atom. The van der Waals surface area contributed by atoms with Crippen LogP contribution in [0, 0.1) is 0 Å². The summed E-state index contributed by atoms with van der Waals surface area (Å²) in [5.74, 6) is -0.222. The number of aliphatic hydroxyl groups excluding tert-OH is 1. The first-order valence-corrected chi connectivity index (χ1v) is 5.63. The summed E-state index contributed by atoms with van der Waals surface area (Å²) in [6.45, 7) is 0.957. The molecule has 18 heavy (non-hydrogen) atoms. The molecule has 0 aliphatic heterocycles. The predicted molar refractivity (Wildman–Crippen MR) is 70.1 cm³/mol. The van der Waals surface area contributed by atoms with Gasteiger partial charge in [-0.05, 0) is 18.2 Å². The monoisotopic (exact) mass is 253 g/mol. The fraction of sp³-hybridized carbons (Fsp3) is 0.417. The number of nitrogen functional groups attached to an aromatic ring is 2. The maximum atomic E-state index is 12.2. The van der Waals surface area contributed by atoms with Crippen molar-refractivity contribution in [2.45, 2.75) is 0 Å². The highest BCUT2D eigenvalue weighted by Crippen LogP contribution is 2.15. The third-order valence-electron chi connectivity index (χ3n) is 2.45. The number of hydrogen-bond acceptors (Lipinski definition) is 5. The lowest BCUT2D eigenvalue weighted by molar-refractivity contribution is 0.0656. The Labute approximate surface area is 106 Å². The van der Waals surface area contributed by atoms with Gasteiger partial charge in [0.15, 0.2) is 0 Å². The van der Waals surface area contributed by atoms with Crippen molar-refractivity contribution in [1.82, 2.24) is 4.90 Å². The summed E-state index contributed by atoms with van der Waals surface area (Å²) >= 11 is 0. The van der Waals surface area contributed by atoms with Crippen molar-refractivity contribution >= 4 is 17.3 Å². The average molecular weight is 253 g/mol. The average Bonchev–Trinajstić information content (AvgIpc) is 2.32. The summed E-state index contributed by atoms with van der Waals surface area (Å²) < 4.78 is 4.93. The molecule has 6 heteroatoms. The van der Waals surface area contributed by atoms with Gasteiger partial charge in [0, 0.05) is 37.1 Å². The molecule has 0 bridgehead atoms. The van der Waals surface area contributed by atoms with Crippen molar-refractivity contribution in [2.24, 2.45) is 0 Å². The zero-order valence-electron chi connectivity index (χ0n) is 10.4. The molecule has 0 fully saturated rings. The van der Waals surface area contributed by atoms with Gasteiger partial charge in [-0.2, -0.15) is 0 Å². The first kappa shape index (κ1) is 14.3. The second-order valence-electron chi connectivity index (χ2n) is 3.90. The lowest BCUT2D eigenvalue weighted by Crippen LogP contribution is -2.36. The van der Waals surface area contributed by atoms with Crippen molar-refractivity contribution in [3.63, 3.8) is 0 Å². The second kappa shape index (κ2) is 6.83. The maximum absolute atomic E-state index is 12.2. The van der Waals surface area contributed by atoms with E-state index < -0.39 is 0 Å². The predicted octanol–water partition coefficient (Wildman–Crippen LogP) is -0.0681. The van der Waals surface area contributed by atoms with Crippen LogP contribution in [0.15, 0.2) is 18.2 Å². The number of amides is 1. The minimum Gasteiger partial charge on any atom is -0.399 e. The highest BCUT2D eigenvalue weighted by molar-refractivity contribution is 5.96. The molecule has 1 aromatic rings. The molecule has 0 saturated heterocycles. The van der Waals surface area contributed by atoms with Gasteiger partial charge in [0.25, 0.3) is 5.91 Å². The number of nitrogens with two attached hydrogens (primary N) is 2. The van der Waals surface area contributed by atoms with E-state index in [0.717, 1.165) is 0 Å². The fourth-order valence-corrected chi connectivity index (χ4v) is 1.62. The van der Waals surface area contributed by atoms with E-state index in [9.17, 15) is 4.79 Å². The molecule has 1 amide bonds. The van der Waals surface area contributed by atoms with Crippen LogP contribution < -0.4 is 11.5 Å². The Kier molecular flexibility index (Phi) is 5.41. The molecule has 5 N–H and O–H groups in total. The molecule has 1 aromatic carbocycles. The van der Waals surface area contributed by atoms with Gasteiger partial charge in [-0.25, -0.2) is 0 Å². The van der Waals surface area contributed by atoms with Crippen LogP contribution in [0.25, 0.3) is 0 Å². The van der Waals surface area contributed by atoms with Gasteiger partial charge in [-0.15, -0.1) is 0 Å². The third-order valence-corrected chi connectivity index (χ3v) is 2.45. The number of benzene rings is 1. The number of nitrogens with zero attached hydrogens (tertiary/aromatic N) is 1. The van der Waals surface area contributed by atoms with Crippen LogP contribution in [0.2, 0.25) is 0 Å². The van der Waals surface area contributed by atoms with Crippen molar-refractivity contribution < 1.29 is 14.6 Å². The van der Waals surface area contributed by atoms with E-state index in [1.54, 1.807) is 25.3 Å². The molecule has 0 heterocycles. The van der Waals surface area contributed by atoms with Crippen molar-refractivity contribution in [2.75, 3.05) is 44.9 Å². The Bertz CT molecular complexity index is 389. The normalized spacial score (nSPS) is 10.3. The van der Waals surface area contributed by atoms with Crippen LogP contribution in [0.4, 0.5) is 11.4 Å². The largest absolute Gasteiger partial charge is 0.399 e. The number of ether oxygens (including phenoxy) is 1. The Balaban J connectivity index is 2.86. The Morgan fingerprint density at radius 1 is 1.28 bits per heavy atom. The zero-order chi connectivity index (χ0) is 13.5. The smallest absolute Gasteiger partial charge is 0.254 e. The van der Waals surface area contributed by atoms with E-state index >= 15 is 0 Å². The van der Waals surface area contributed by atoms with Crippen LogP contribution in [-0.4, -0.2) is 49.3 Å². The first-order chi connectivity index (χ1) is 8.58. The number of rotatable bonds is 6. The van der Waals surface area contributed by atoms with Gasteiger partial charge in [0.05, 0.1) is 13.2 Å². The summed E-state index contributed by atoms with van der Waals surface area (Å²) in [6, 6.07) is 4.72. The molecule has 0 saturated carbocycles. The number of hydrogen-bond donors (Lipinski definition) is 3. The van der Waals surface area contributed by atoms with Crippen LogP contribution in [0.1, 0.15) is 10.4 Å². The molecular formula is C12H19N3O3. The van der Waals surface area contributed by atoms with Gasteiger partial charge < -0.3 is 26.2 Å². The summed E-state index contributed by atoms with van der Waals surface area (Å²) in [7, 11) is 1.56. The molecule has 1 rings (SSSR count). The quantitative estimate of drug-likeness (QED) is 0.616. The lowest BCUT2D eigenvalue weighted by Gasteiger charge is -2.21. The SMILES string of the molecule is COCCN(CCO)C(=O)c1cc(N)cc(N)c1. The highest BCUT2D eigenvalue weighted by atomic mass is 16.5. The first-order valence-electron chi connectivity index (χ1n) is 5.63. The molecule has 0 atom stereocenters. The summed E-state index contributed by atoms with van der Waals surface area (Å²) in [6.07, 6.45) is 0. The molecule has 0 radical (unpaired) electrons. The summed E-state index contributed by atoms with van der Waals surface area (Å²) in [4.78, 5) is 13.7. The van der Waals surface area contributed by atoms with E-state index in [2.05, 4.69) is 0 Å². The van der Waals surface area contributed by atoms with E-state index in [1.165, 1.54) is 4.90 Å². The number of anilines is 2. The van der Waals surface area contributed by atoms with E-state index in [-0.39, 0.29) is 19.1 Å². The molecular weight excluding hydrogens is 234 g/mol. The van der Waals surface area contributed by atoms with Crippen LogP contribution in [-0.2, 0) is 4.74 Å². The zero-order valence-corrected chi connectivity index (χ0v) is 10.4. The van der Waals surface area contributed by atoms with Gasteiger partial charge in [0.2, 0.25) is 0 Å².